The van der Waals surface area contributed by atoms with E-state index in [4.69, 9.17) is 14.2 Å². The summed E-state index contributed by atoms with van der Waals surface area (Å²) in [6.45, 7) is 0.869. The highest BCUT2D eigenvalue weighted by Crippen LogP contribution is 2.31. The average Bonchev–Trinajstić information content (AvgIpc) is 3.77. The fourth-order valence-electron chi connectivity index (χ4n) is 5.12. The Morgan fingerprint density at radius 1 is 1.00 bits per heavy atom. The SMILES string of the molecule is CS(=O)(=O)c1cccc(C(=O)N2C[C@@H]3NC(=O)c4cc(cc(OCC5CC5)c4)OCC(=O)NCc4ccc(cc4)O[C@H]3C2)c1. The molecule has 1 aliphatic carbocycles. The van der Waals surface area contributed by atoms with Gasteiger partial charge in [-0.1, -0.05) is 18.2 Å². The van der Waals surface area contributed by atoms with E-state index in [2.05, 4.69) is 10.6 Å². The number of amides is 3. The van der Waals surface area contributed by atoms with E-state index in [-0.39, 0.29) is 47.5 Å². The summed E-state index contributed by atoms with van der Waals surface area (Å²) in [5, 5.41) is 5.83. The van der Waals surface area contributed by atoms with E-state index in [1.807, 2.05) is 12.1 Å². The van der Waals surface area contributed by atoms with Crippen molar-refractivity contribution >= 4 is 27.6 Å². The molecule has 3 aliphatic heterocycles. The quantitative estimate of drug-likeness (QED) is 0.444. The Labute approximate surface area is 255 Å². The number of rotatable bonds is 5. The maximum atomic E-state index is 13.6. The minimum Gasteiger partial charge on any atom is -0.493 e. The van der Waals surface area contributed by atoms with E-state index in [0.29, 0.717) is 36.3 Å². The molecule has 0 unspecified atom stereocenters. The molecule has 4 aliphatic rings. The number of hydrogen-bond acceptors (Lipinski definition) is 8. The molecule has 3 heterocycles. The number of nitrogens with zero attached hydrogens (tertiary/aromatic N) is 1. The van der Waals surface area contributed by atoms with Gasteiger partial charge in [0.15, 0.2) is 16.4 Å². The Morgan fingerprint density at radius 2 is 1.80 bits per heavy atom. The van der Waals surface area contributed by atoms with Gasteiger partial charge in [0.1, 0.15) is 23.4 Å². The van der Waals surface area contributed by atoms with Crippen molar-refractivity contribution in [2.24, 2.45) is 5.92 Å². The third-order valence-electron chi connectivity index (χ3n) is 7.77. The first-order chi connectivity index (χ1) is 21.1. The summed E-state index contributed by atoms with van der Waals surface area (Å²) in [5.41, 5.74) is 1.35. The molecule has 1 saturated carbocycles. The normalized spacial score (nSPS) is 20.4. The van der Waals surface area contributed by atoms with Crippen LogP contribution in [0, 0.1) is 5.92 Å². The smallest absolute Gasteiger partial charge is 0.258 e. The molecule has 1 saturated heterocycles. The highest BCUT2D eigenvalue weighted by Gasteiger charge is 2.38. The Bertz CT molecular complexity index is 1690. The van der Waals surface area contributed by atoms with Crippen LogP contribution >= 0.6 is 0 Å². The number of benzene rings is 3. The largest absolute Gasteiger partial charge is 0.493 e. The molecule has 12 heteroatoms. The van der Waals surface area contributed by atoms with Gasteiger partial charge in [0.05, 0.1) is 24.1 Å². The minimum atomic E-state index is -3.51. The van der Waals surface area contributed by atoms with E-state index < -0.39 is 27.9 Å². The lowest BCUT2D eigenvalue weighted by Crippen LogP contribution is -2.45. The lowest BCUT2D eigenvalue weighted by atomic mass is 10.1. The maximum absolute atomic E-state index is 13.6. The molecule has 4 bridgehead atoms. The number of nitrogens with one attached hydrogen (secondary N) is 2. The zero-order valence-electron chi connectivity index (χ0n) is 24.2. The van der Waals surface area contributed by atoms with Crippen LogP contribution < -0.4 is 24.8 Å². The van der Waals surface area contributed by atoms with E-state index in [9.17, 15) is 22.8 Å². The maximum Gasteiger partial charge on any atom is 0.258 e. The molecule has 44 heavy (non-hydrogen) atoms. The van der Waals surface area contributed by atoms with E-state index in [1.165, 1.54) is 18.2 Å². The number of ether oxygens (including phenoxy) is 3. The zero-order valence-corrected chi connectivity index (χ0v) is 25.0. The molecular formula is C32H33N3O8S. The van der Waals surface area contributed by atoms with Crippen LogP contribution in [0.25, 0.3) is 0 Å². The monoisotopic (exact) mass is 619 g/mol. The molecule has 2 atom stereocenters. The van der Waals surface area contributed by atoms with Gasteiger partial charge in [0.2, 0.25) is 0 Å². The number of hydrogen-bond donors (Lipinski definition) is 2. The summed E-state index contributed by atoms with van der Waals surface area (Å²) in [6.07, 6.45) is 2.68. The van der Waals surface area contributed by atoms with Crippen molar-refractivity contribution in [2.75, 3.05) is 32.6 Å². The van der Waals surface area contributed by atoms with Crippen LogP contribution in [-0.2, 0) is 21.2 Å². The fraction of sp³-hybridized carbons (Fsp3) is 0.344. The van der Waals surface area contributed by atoms with Crippen molar-refractivity contribution in [3.05, 3.63) is 83.4 Å². The van der Waals surface area contributed by atoms with Crippen LogP contribution in [-0.4, -0.2) is 75.7 Å². The van der Waals surface area contributed by atoms with Crippen molar-refractivity contribution in [2.45, 2.75) is 36.4 Å². The van der Waals surface area contributed by atoms with Crippen LogP contribution in [0.1, 0.15) is 39.1 Å². The van der Waals surface area contributed by atoms with Gasteiger partial charge in [0, 0.05) is 36.5 Å². The van der Waals surface area contributed by atoms with Crippen molar-refractivity contribution in [3.63, 3.8) is 0 Å². The van der Waals surface area contributed by atoms with Gasteiger partial charge in [-0.15, -0.1) is 0 Å². The molecule has 230 valence electrons. The summed E-state index contributed by atoms with van der Waals surface area (Å²) in [6, 6.07) is 17.3. The van der Waals surface area contributed by atoms with Crippen LogP contribution in [0.2, 0.25) is 0 Å². The molecule has 0 radical (unpaired) electrons. The van der Waals surface area contributed by atoms with Gasteiger partial charge in [-0.3, -0.25) is 14.4 Å². The Kier molecular flexibility index (Phi) is 8.17. The molecule has 7 rings (SSSR count). The molecule has 0 aromatic heterocycles. The Morgan fingerprint density at radius 3 is 2.55 bits per heavy atom. The molecule has 3 aromatic carbocycles. The first-order valence-corrected chi connectivity index (χ1v) is 16.3. The number of likely N-dealkylation sites (tertiary alicyclic amines) is 1. The highest BCUT2D eigenvalue weighted by molar-refractivity contribution is 7.90. The fourth-order valence-corrected chi connectivity index (χ4v) is 5.79. The van der Waals surface area contributed by atoms with Gasteiger partial charge in [-0.25, -0.2) is 8.42 Å². The Hall–Kier alpha value is -4.58. The van der Waals surface area contributed by atoms with E-state index in [0.717, 1.165) is 24.7 Å². The van der Waals surface area contributed by atoms with Gasteiger partial charge in [0.25, 0.3) is 17.7 Å². The first-order valence-electron chi connectivity index (χ1n) is 14.4. The number of sulfone groups is 1. The first kappa shape index (κ1) is 29.5. The van der Waals surface area contributed by atoms with Crippen LogP contribution in [0.5, 0.6) is 17.2 Å². The van der Waals surface area contributed by atoms with E-state index in [1.54, 1.807) is 41.3 Å². The highest BCUT2D eigenvalue weighted by atomic mass is 32.2. The summed E-state index contributed by atoms with van der Waals surface area (Å²) in [7, 11) is -3.51. The van der Waals surface area contributed by atoms with Gasteiger partial charge >= 0.3 is 0 Å². The number of fused-ring (bicyclic) bond motifs is 7. The summed E-state index contributed by atoms with van der Waals surface area (Å²) >= 11 is 0. The average molecular weight is 620 g/mol. The van der Waals surface area contributed by atoms with Crippen molar-refractivity contribution in [3.8, 4) is 17.2 Å². The Balaban J connectivity index is 1.29. The molecule has 2 N–H and O–H groups in total. The third kappa shape index (κ3) is 7.13. The summed E-state index contributed by atoms with van der Waals surface area (Å²) < 4.78 is 42.2. The zero-order chi connectivity index (χ0) is 30.8. The lowest BCUT2D eigenvalue weighted by molar-refractivity contribution is -0.123. The van der Waals surface area contributed by atoms with Crippen molar-refractivity contribution in [1.82, 2.24) is 15.5 Å². The molecular weight excluding hydrogens is 586 g/mol. The van der Waals surface area contributed by atoms with Gasteiger partial charge < -0.3 is 29.7 Å². The third-order valence-corrected chi connectivity index (χ3v) is 8.88. The lowest BCUT2D eigenvalue weighted by Gasteiger charge is -2.21. The predicted octanol–water partition coefficient (Wildman–Crippen LogP) is 2.59. The summed E-state index contributed by atoms with van der Waals surface area (Å²) in [5.74, 6) is 0.672. The van der Waals surface area contributed by atoms with E-state index >= 15 is 0 Å². The molecule has 0 spiro atoms. The van der Waals surface area contributed by atoms with Gasteiger partial charge in [-0.05, 0) is 66.8 Å². The molecule has 3 amide bonds. The van der Waals surface area contributed by atoms with Gasteiger partial charge in [-0.2, -0.15) is 0 Å². The number of carbonyl (C=O) groups excluding carboxylic acids is 3. The second-order valence-corrected chi connectivity index (χ2v) is 13.4. The van der Waals surface area contributed by atoms with Crippen LogP contribution in [0.4, 0.5) is 0 Å². The standard InChI is InChI=1S/C32H33N3O8S/c1-44(39,40)27-4-2-3-22(13-27)32(38)35-16-28-29(17-35)43-24-9-7-20(8-10-24)15-33-30(36)19-42-26-12-23(31(37)34-28)11-25(14-26)41-18-21-5-6-21/h2-4,7-14,21,28-29H,5-6,15-19H2,1H3,(H,33,36)(H,34,37)/t28-,29-/m0/s1. The van der Waals surface area contributed by atoms with Crippen molar-refractivity contribution in [1.29, 1.82) is 0 Å². The minimum absolute atomic E-state index is 0.0476. The van der Waals surface area contributed by atoms with Crippen molar-refractivity contribution < 1.29 is 37.0 Å². The molecule has 2 fully saturated rings. The van der Waals surface area contributed by atoms with Crippen LogP contribution in [0.3, 0.4) is 0 Å². The summed E-state index contributed by atoms with van der Waals surface area (Å²) in [4.78, 5) is 41.2. The number of carbonyl (C=O) groups is 3. The van der Waals surface area contributed by atoms with Crippen LogP contribution in [0.15, 0.2) is 71.6 Å². The topological polar surface area (TPSA) is 140 Å². The predicted molar refractivity (Wildman–Crippen MR) is 160 cm³/mol. The second-order valence-electron chi connectivity index (χ2n) is 11.4. The second kappa shape index (κ2) is 12.2. The molecule has 3 aromatic rings. The molecule has 11 nitrogen and oxygen atoms in total.